The fourth-order valence-corrected chi connectivity index (χ4v) is 2.05. The quantitative estimate of drug-likeness (QED) is 0.820. The van der Waals surface area contributed by atoms with E-state index < -0.39 is 5.97 Å². The first kappa shape index (κ1) is 12.7. The Morgan fingerprint density at radius 2 is 2.33 bits per heavy atom. The highest BCUT2D eigenvalue weighted by Crippen LogP contribution is 2.38. The lowest BCUT2D eigenvalue weighted by atomic mass is 10.2. The molecule has 2 atom stereocenters. The number of nitrogens with zero attached hydrogens (tertiary/aromatic N) is 2. The van der Waals surface area contributed by atoms with E-state index in [2.05, 4.69) is 16.8 Å². The number of nitrogens with two attached hydrogens (primary N) is 1. The highest BCUT2D eigenvalue weighted by Gasteiger charge is 2.33. The monoisotopic (exact) mass is 249 g/mol. The number of anilines is 2. The summed E-state index contributed by atoms with van der Waals surface area (Å²) < 4.78 is 4.70. The molecule has 1 aliphatic rings. The maximum absolute atomic E-state index is 11.5. The van der Waals surface area contributed by atoms with Crippen LogP contribution in [-0.4, -0.2) is 31.7 Å². The highest BCUT2D eigenvalue weighted by molar-refractivity contribution is 5.95. The molecule has 0 spiro atoms. The van der Waals surface area contributed by atoms with Gasteiger partial charge in [0.25, 0.3) is 0 Å². The van der Waals surface area contributed by atoms with Gasteiger partial charge in [0.05, 0.1) is 24.6 Å². The van der Waals surface area contributed by atoms with Gasteiger partial charge in [-0.3, -0.25) is 0 Å². The largest absolute Gasteiger partial charge is 0.465 e. The van der Waals surface area contributed by atoms with Gasteiger partial charge in [-0.25, -0.2) is 9.78 Å². The molecule has 0 bridgehead atoms. The summed E-state index contributed by atoms with van der Waals surface area (Å²) in [6.07, 6.45) is 2.78. The summed E-state index contributed by atoms with van der Waals surface area (Å²) in [5.41, 5.74) is 6.44. The van der Waals surface area contributed by atoms with Gasteiger partial charge in [-0.15, -0.1) is 0 Å². The fourth-order valence-electron chi connectivity index (χ4n) is 2.05. The summed E-state index contributed by atoms with van der Waals surface area (Å²) in [7, 11) is 3.32. The Bertz CT molecular complexity index is 462. The molecule has 1 aromatic heterocycles. The van der Waals surface area contributed by atoms with Gasteiger partial charge in [-0.2, -0.15) is 0 Å². The van der Waals surface area contributed by atoms with Crippen molar-refractivity contribution in [2.24, 2.45) is 11.8 Å². The average Bonchev–Trinajstić information content (AvgIpc) is 3.04. The first-order chi connectivity index (χ1) is 8.52. The number of ether oxygens (including phenoxy) is 1. The van der Waals surface area contributed by atoms with Crippen molar-refractivity contribution in [1.29, 1.82) is 0 Å². The summed E-state index contributed by atoms with van der Waals surface area (Å²) in [5, 5.41) is 0. The fraction of sp³-hybridized carbons (Fsp3) is 0.538. The molecule has 98 valence electrons. The van der Waals surface area contributed by atoms with Crippen molar-refractivity contribution in [1.82, 2.24) is 4.98 Å². The van der Waals surface area contributed by atoms with E-state index in [9.17, 15) is 4.79 Å². The standard InChI is InChI=1S/C13H19N3O2/c1-8-4-9(8)7-16(2)12-5-10(13(17)18-3)11(14)6-15-12/h5-6,8-9H,4,7,14H2,1-3H3. The average molecular weight is 249 g/mol. The molecular formula is C13H19N3O2. The second-order valence-electron chi connectivity index (χ2n) is 4.97. The zero-order valence-corrected chi connectivity index (χ0v) is 11.0. The molecule has 1 fully saturated rings. The van der Waals surface area contributed by atoms with Crippen LogP contribution in [0, 0.1) is 11.8 Å². The predicted octanol–water partition coefficient (Wildman–Crippen LogP) is 1.54. The number of aromatic nitrogens is 1. The third-order valence-electron chi connectivity index (χ3n) is 3.50. The third-order valence-corrected chi connectivity index (χ3v) is 3.50. The molecule has 2 rings (SSSR count). The second kappa shape index (κ2) is 4.84. The Morgan fingerprint density at radius 1 is 1.67 bits per heavy atom. The summed E-state index contributed by atoms with van der Waals surface area (Å²) in [4.78, 5) is 17.9. The Kier molecular flexibility index (Phi) is 3.41. The van der Waals surface area contributed by atoms with Crippen LogP contribution < -0.4 is 10.6 Å². The van der Waals surface area contributed by atoms with Gasteiger partial charge < -0.3 is 15.4 Å². The smallest absolute Gasteiger partial charge is 0.340 e. The number of hydrogen-bond acceptors (Lipinski definition) is 5. The molecule has 18 heavy (non-hydrogen) atoms. The van der Waals surface area contributed by atoms with Crippen LogP contribution in [0.25, 0.3) is 0 Å². The van der Waals surface area contributed by atoms with E-state index in [1.54, 1.807) is 6.07 Å². The molecule has 1 heterocycles. The number of carbonyl (C=O) groups is 1. The van der Waals surface area contributed by atoms with Crippen molar-refractivity contribution < 1.29 is 9.53 Å². The summed E-state index contributed by atoms with van der Waals surface area (Å²) in [6, 6.07) is 1.69. The van der Waals surface area contributed by atoms with E-state index in [0.29, 0.717) is 11.3 Å². The van der Waals surface area contributed by atoms with Gasteiger partial charge in [0.2, 0.25) is 0 Å². The minimum absolute atomic E-state index is 0.346. The van der Waals surface area contributed by atoms with Crippen molar-refractivity contribution in [3.8, 4) is 0 Å². The zero-order valence-electron chi connectivity index (χ0n) is 11.0. The van der Waals surface area contributed by atoms with E-state index in [4.69, 9.17) is 10.5 Å². The van der Waals surface area contributed by atoms with Crippen molar-refractivity contribution in [2.75, 3.05) is 31.3 Å². The number of hydrogen-bond donors (Lipinski definition) is 1. The molecule has 1 aliphatic carbocycles. The van der Waals surface area contributed by atoms with Crippen LogP contribution in [0.3, 0.4) is 0 Å². The Hall–Kier alpha value is -1.78. The van der Waals surface area contributed by atoms with Gasteiger partial charge in [0.1, 0.15) is 5.82 Å². The van der Waals surface area contributed by atoms with Crippen LogP contribution in [-0.2, 0) is 4.74 Å². The van der Waals surface area contributed by atoms with Crippen molar-refractivity contribution >= 4 is 17.5 Å². The molecule has 0 radical (unpaired) electrons. The Labute approximate surface area is 107 Å². The van der Waals surface area contributed by atoms with Crippen LogP contribution >= 0.6 is 0 Å². The van der Waals surface area contributed by atoms with Gasteiger partial charge in [-0.05, 0) is 24.3 Å². The van der Waals surface area contributed by atoms with E-state index in [0.717, 1.165) is 24.2 Å². The first-order valence-electron chi connectivity index (χ1n) is 6.08. The summed E-state index contributed by atoms with van der Waals surface area (Å²) in [5.74, 6) is 1.85. The Balaban J connectivity index is 2.15. The summed E-state index contributed by atoms with van der Waals surface area (Å²) >= 11 is 0. The third kappa shape index (κ3) is 2.55. The van der Waals surface area contributed by atoms with Crippen LogP contribution in [0.2, 0.25) is 0 Å². The molecule has 0 aliphatic heterocycles. The molecule has 2 N–H and O–H groups in total. The van der Waals surface area contributed by atoms with Crippen LogP contribution in [0.15, 0.2) is 12.3 Å². The molecule has 0 aromatic carbocycles. The van der Waals surface area contributed by atoms with E-state index in [1.165, 1.54) is 19.7 Å². The Morgan fingerprint density at radius 3 is 2.89 bits per heavy atom. The van der Waals surface area contributed by atoms with Crippen LogP contribution in [0.5, 0.6) is 0 Å². The van der Waals surface area contributed by atoms with Crippen LogP contribution in [0.4, 0.5) is 11.5 Å². The lowest BCUT2D eigenvalue weighted by Gasteiger charge is -2.19. The lowest BCUT2D eigenvalue weighted by molar-refractivity contribution is 0.0602. The van der Waals surface area contributed by atoms with Gasteiger partial charge in [-0.1, -0.05) is 6.92 Å². The van der Waals surface area contributed by atoms with Crippen molar-refractivity contribution in [3.05, 3.63) is 17.8 Å². The van der Waals surface area contributed by atoms with Gasteiger partial charge >= 0.3 is 5.97 Å². The number of methoxy groups -OCH3 is 1. The normalized spacial score (nSPS) is 21.5. The number of rotatable bonds is 4. The molecule has 5 heteroatoms. The highest BCUT2D eigenvalue weighted by atomic mass is 16.5. The number of pyridine rings is 1. The number of esters is 1. The first-order valence-corrected chi connectivity index (χ1v) is 6.08. The van der Waals surface area contributed by atoms with Gasteiger partial charge in [0, 0.05) is 13.6 Å². The summed E-state index contributed by atoms with van der Waals surface area (Å²) in [6.45, 7) is 3.20. The molecule has 0 amide bonds. The SMILES string of the molecule is COC(=O)c1cc(N(C)CC2CC2C)ncc1N. The lowest BCUT2D eigenvalue weighted by Crippen LogP contribution is -2.22. The second-order valence-corrected chi connectivity index (χ2v) is 4.97. The molecule has 1 aromatic rings. The molecule has 5 nitrogen and oxygen atoms in total. The predicted molar refractivity (Wildman–Crippen MR) is 70.5 cm³/mol. The van der Waals surface area contributed by atoms with Crippen molar-refractivity contribution in [2.45, 2.75) is 13.3 Å². The minimum Gasteiger partial charge on any atom is -0.465 e. The maximum atomic E-state index is 11.5. The number of carbonyl (C=O) groups excluding carboxylic acids is 1. The van der Waals surface area contributed by atoms with Crippen LogP contribution in [0.1, 0.15) is 23.7 Å². The minimum atomic E-state index is -0.427. The molecular weight excluding hydrogens is 230 g/mol. The van der Waals surface area contributed by atoms with Crippen molar-refractivity contribution in [3.63, 3.8) is 0 Å². The van der Waals surface area contributed by atoms with E-state index >= 15 is 0 Å². The molecule has 1 saturated carbocycles. The van der Waals surface area contributed by atoms with E-state index in [1.807, 2.05) is 7.05 Å². The molecule has 2 unspecified atom stereocenters. The number of nitrogen functional groups attached to an aromatic ring is 1. The van der Waals surface area contributed by atoms with E-state index in [-0.39, 0.29) is 0 Å². The topological polar surface area (TPSA) is 68.5 Å². The molecule has 0 saturated heterocycles. The maximum Gasteiger partial charge on any atom is 0.340 e. The van der Waals surface area contributed by atoms with Gasteiger partial charge in [0.15, 0.2) is 0 Å². The zero-order chi connectivity index (χ0) is 13.3.